The largest absolute Gasteiger partial charge is 0.311 e. The van der Waals surface area contributed by atoms with E-state index in [1.54, 1.807) is 41.3 Å². The summed E-state index contributed by atoms with van der Waals surface area (Å²) < 4.78 is 28.0. The van der Waals surface area contributed by atoms with Crippen molar-refractivity contribution < 1.29 is 13.2 Å². The Balaban J connectivity index is 1.97. The average Bonchev–Trinajstić information content (AvgIpc) is 2.86. The second-order valence-corrected chi connectivity index (χ2v) is 8.65. The highest BCUT2D eigenvalue weighted by molar-refractivity contribution is 7.92. The molecule has 0 aromatic heterocycles. The van der Waals surface area contributed by atoms with Gasteiger partial charge in [-0.15, -0.1) is 0 Å². The van der Waals surface area contributed by atoms with Crippen LogP contribution in [0.25, 0.3) is 0 Å². The minimum absolute atomic E-state index is 0.0665. The van der Waals surface area contributed by atoms with Gasteiger partial charge in [-0.25, -0.2) is 8.42 Å². The summed E-state index contributed by atoms with van der Waals surface area (Å²) in [6, 6.07) is 13.0. The minimum atomic E-state index is -3.78. The van der Waals surface area contributed by atoms with Gasteiger partial charge in [0.25, 0.3) is 10.0 Å². The first-order chi connectivity index (χ1) is 12.1. The number of anilines is 2. The zero-order valence-electron chi connectivity index (χ0n) is 14.8. The van der Waals surface area contributed by atoms with Gasteiger partial charge in [0.15, 0.2) is 0 Å². The maximum atomic E-state index is 12.7. The molecule has 134 valence electrons. The number of carbonyl (C=O) groups is 1. The third-order valence-corrected chi connectivity index (χ3v) is 5.88. The highest BCUT2D eigenvalue weighted by Gasteiger charge is 2.37. The molecule has 0 spiro atoms. The molecule has 0 bridgehead atoms. The summed E-state index contributed by atoms with van der Waals surface area (Å²) in [4.78, 5) is 13.6. The number of sulfonamides is 1. The SMILES string of the molecule is CC(=O)N1CC(C)(C)c2cc(S(=O)(=O)Nc3ccc(C#N)cc3)ccc21. The first kappa shape index (κ1) is 18.0. The standard InChI is InChI=1S/C19H19N3O3S/c1-13(23)22-12-19(2,3)17-10-16(8-9-18(17)22)26(24,25)21-15-6-4-14(11-20)5-7-15/h4-10,21H,12H2,1-3H3. The van der Waals surface area contributed by atoms with Gasteiger partial charge >= 0.3 is 0 Å². The van der Waals surface area contributed by atoms with Gasteiger partial charge in [-0.05, 0) is 48.0 Å². The Bertz CT molecular complexity index is 1020. The maximum Gasteiger partial charge on any atom is 0.261 e. The number of hydrogen-bond donors (Lipinski definition) is 1. The molecule has 0 unspecified atom stereocenters. The van der Waals surface area contributed by atoms with E-state index < -0.39 is 10.0 Å². The number of carbonyl (C=O) groups excluding carboxylic acids is 1. The fourth-order valence-electron chi connectivity index (χ4n) is 3.13. The normalized spacial score (nSPS) is 15.2. The van der Waals surface area contributed by atoms with Crippen molar-refractivity contribution in [2.24, 2.45) is 0 Å². The van der Waals surface area contributed by atoms with Crippen molar-refractivity contribution in [3.05, 3.63) is 53.6 Å². The molecule has 1 amide bonds. The molecule has 1 aliphatic rings. The zero-order chi connectivity index (χ0) is 19.1. The number of amides is 1. The van der Waals surface area contributed by atoms with Crippen LogP contribution in [0.1, 0.15) is 31.9 Å². The minimum Gasteiger partial charge on any atom is -0.311 e. The fourth-order valence-corrected chi connectivity index (χ4v) is 4.22. The monoisotopic (exact) mass is 369 g/mol. The topological polar surface area (TPSA) is 90.3 Å². The van der Waals surface area contributed by atoms with E-state index in [9.17, 15) is 13.2 Å². The number of nitrogens with one attached hydrogen (secondary N) is 1. The second kappa shape index (κ2) is 6.15. The van der Waals surface area contributed by atoms with Crippen LogP contribution >= 0.6 is 0 Å². The summed E-state index contributed by atoms with van der Waals surface area (Å²) >= 11 is 0. The highest BCUT2D eigenvalue weighted by Crippen LogP contribution is 2.41. The van der Waals surface area contributed by atoms with Gasteiger partial charge in [-0.3, -0.25) is 9.52 Å². The number of hydrogen-bond acceptors (Lipinski definition) is 4. The zero-order valence-corrected chi connectivity index (χ0v) is 15.6. The van der Waals surface area contributed by atoms with E-state index in [1.807, 2.05) is 19.9 Å². The Labute approximate surface area is 153 Å². The molecule has 7 heteroatoms. The van der Waals surface area contributed by atoms with Crippen LogP contribution < -0.4 is 9.62 Å². The van der Waals surface area contributed by atoms with E-state index in [0.29, 0.717) is 17.8 Å². The Kier molecular flexibility index (Phi) is 4.24. The Hall–Kier alpha value is -2.85. The molecule has 0 fully saturated rings. The van der Waals surface area contributed by atoms with Gasteiger partial charge in [-0.2, -0.15) is 5.26 Å². The molecule has 26 heavy (non-hydrogen) atoms. The number of nitriles is 1. The van der Waals surface area contributed by atoms with Crippen molar-refractivity contribution in [3.63, 3.8) is 0 Å². The van der Waals surface area contributed by atoms with Gasteiger partial charge in [0, 0.05) is 30.3 Å². The van der Waals surface area contributed by atoms with Crippen LogP contribution in [0.2, 0.25) is 0 Å². The van der Waals surface area contributed by atoms with Crippen molar-refractivity contribution in [3.8, 4) is 6.07 Å². The molecule has 0 saturated heterocycles. The van der Waals surface area contributed by atoms with Crippen molar-refractivity contribution in [2.45, 2.75) is 31.1 Å². The van der Waals surface area contributed by atoms with Crippen LogP contribution in [0, 0.1) is 11.3 Å². The molecule has 1 heterocycles. The third-order valence-electron chi connectivity index (χ3n) is 4.50. The number of nitrogens with zero attached hydrogens (tertiary/aromatic N) is 2. The van der Waals surface area contributed by atoms with E-state index in [1.165, 1.54) is 13.0 Å². The number of benzene rings is 2. The van der Waals surface area contributed by atoms with Gasteiger partial charge in [-0.1, -0.05) is 13.8 Å². The summed E-state index contributed by atoms with van der Waals surface area (Å²) in [6.07, 6.45) is 0. The molecule has 0 atom stereocenters. The highest BCUT2D eigenvalue weighted by atomic mass is 32.2. The lowest BCUT2D eigenvalue weighted by Crippen LogP contribution is -2.31. The molecule has 2 aromatic carbocycles. The first-order valence-electron chi connectivity index (χ1n) is 8.10. The van der Waals surface area contributed by atoms with Gasteiger partial charge < -0.3 is 4.90 Å². The Morgan fingerprint density at radius 3 is 2.42 bits per heavy atom. The summed E-state index contributed by atoms with van der Waals surface area (Å²) in [7, 11) is -3.78. The predicted octanol–water partition coefficient (Wildman–Crippen LogP) is 3.00. The molecule has 6 nitrogen and oxygen atoms in total. The van der Waals surface area contributed by atoms with Crippen LogP contribution in [0.5, 0.6) is 0 Å². The summed E-state index contributed by atoms with van der Waals surface area (Å²) in [5.74, 6) is -0.0665. The molecule has 1 N–H and O–H groups in total. The maximum absolute atomic E-state index is 12.7. The van der Waals surface area contributed by atoms with Crippen molar-refractivity contribution in [1.29, 1.82) is 5.26 Å². The van der Waals surface area contributed by atoms with Crippen LogP contribution in [0.3, 0.4) is 0 Å². The number of fused-ring (bicyclic) bond motifs is 1. The quantitative estimate of drug-likeness (QED) is 0.900. The van der Waals surface area contributed by atoms with Gasteiger partial charge in [0.05, 0.1) is 16.5 Å². The van der Waals surface area contributed by atoms with E-state index in [4.69, 9.17) is 5.26 Å². The van der Waals surface area contributed by atoms with Gasteiger partial charge in [0.2, 0.25) is 5.91 Å². The lowest BCUT2D eigenvalue weighted by molar-refractivity contribution is -0.116. The molecular weight excluding hydrogens is 350 g/mol. The van der Waals surface area contributed by atoms with Crippen LogP contribution in [0.15, 0.2) is 47.4 Å². The summed E-state index contributed by atoms with van der Waals surface area (Å²) in [5, 5.41) is 8.82. The Morgan fingerprint density at radius 2 is 1.85 bits per heavy atom. The molecule has 2 aromatic rings. The molecule has 0 radical (unpaired) electrons. The van der Waals surface area contributed by atoms with Gasteiger partial charge in [0.1, 0.15) is 0 Å². The molecule has 0 saturated carbocycles. The molecular formula is C19H19N3O3S. The average molecular weight is 369 g/mol. The summed E-state index contributed by atoms with van der Waals surface area (Å²) in [5.41, 5.74) is 2.09. The third kappa shape index (κ3) is 3.16. The van der Waals surface area contributed by atoms with E-state index >= 15 is 0 Å². The van der Waals surface area contributed by atoms with Crippen molar-refractivity contribution in [2.75, 3.05) is 16.2 Å². The molecule has 1 aliphatic heterocycles. The van der Waals surface area contributed by atoms with E-state index in [0.717, 1.165) is 11.3 Å². The molecule has 3 rings (SSSR count). The lowest BCUT2D eigenvalue weighted by Gasteiger charge is -2.19. The lowest BCUT2D eigenvalue weighted by atomic mass is 9.87. The van der Waals surface area contributed by atoms with E-state index in [-0.39, 0.29) is 16.2 Å². The fraction of sp³-hybridized carbons (Fsp3) is 0.263. The van der Waals surface area contributed by atoms with Crippen molar-refractivity contribution >= 4 is 27.3 Å². The van der Waals surface area contributed by atoms with E-state index in [2.05, 4.69) is 4.72 Å². The smallest absolute Gasteiger partial charge is 0.261 e. The van der Waals surface area contributed by atoms with Crippen LogP contribution in [0.4, 0.5) is 11.4 Å². The molecule has 0 aliphatic carbocycles. The van der Waals surface area contributed by atoms with Crippen LogP contribution in [-0.2, 0) is 20.2 Å². The van der Waals surface area contributed by atoms with Crippen LogP contribution in [-0.4, -0.2) is 20.9 Å². The predicted molar refractivity (Wildman–Crippen MR) is 99.5 cm³/mol. The first-order valence-corrected chi connectivity index (χ1v) is 9.58. The Morgan fingerprint density at radius 1 is 1.19 bits per heavy atom. The number of rotatable bonds is 3. The summed E-state index contributed by atoms with van der Waals surface area (Å²) in [6.45, 7) is 5.99. The van der Waals surface area contributed by atoms with Crippen molar-refractivity contribution in [1.82, 2.24) is 0 Å². The second-order valence-electron chi connectivity index (χ2n) is 6.96.